The SMILES string of the molecule is CN(C(=O)CCCCCCCCCCN1C(=O)CCC1=O)c1ccccc1. The molecule has 5 nitrogen and oxygen atoms in total. The van der Waals surface area contributed by atoms with E-state index in [1.54, 1.807) is 4.90 Å². The normalized spacial score (nSPS) is 14.0. The highest BCUT2D eigenvalue weighted by Gasteiger charge is 2.27. The molecule has 3 amide bonds. The predicted octanol–water partition coefficient (Wildman–Crippen LogP) is 4.31. The average molecular weight is 373 g/mol. The van der Waals surface area contributed by atoms with E-state index in [1.807, 2.05) is 37.4 Å². The van der Waals surface area contributed by atoms with E-state index < -0.39 is 0 Å². The summed E-state index contributed by atoms with van der Waals surface area (Å²) in [5.74, 6) is 0.159. The molecule has 1 aliphatic heterocycles. The fourth-order valence-corrected chi connectivity index (χ4v) is 3.44. The molecule has 1 aromatic carbocycles. The second-order valence-corrected chi connectivity index (χ2v) is 7.31. The van der Waals surface area contributed by atoms with Gasteiger partial charge in [-0.25, -0.2) is 0 Å². The summed E-state index contributed by atoms with van der Waals surface area (Å²) in [7, 11) is 1.83. The highest BCUT2D eigenvalue weighted by molar-refractivity contribution is 6.01. The Morgan fingerprint density at radius 1 is 0.852 bits per heavy atom. The molecule has 0 bridgehead atoms. The molecule has 1 heterocycles. The van der Waals surface area contributed by atoms with Crippen LogP contribution in [0.3, 0.4) is 0 Å². The molecule has 0 radical (unpaired) electrons. The maximum absolute atomic E-state index is 12.2. The molecule has 27 heavy (non-hydrogen) atoms. The first kappa shape index (κ1) is 21.1. The summed E-state index contributed by atoms with van der Waals surface area (Å²) in [6.07, 6.45) is 10.1. The van der Waals surface area contributed by atoms with Gasteiger partial charge in [0.2, 0.25) is 17.7 Å². The van der Waals surface area contributed by atoms with Gasteiger partial charge in [0.1, 0.15) is 0 Å². The van der Waals surface area contributed by atoms with Crippen molar-refractivity contribution in [2.24, 2.45) is 0 Å². The van der Waals surface area contributed by atoms with Gasteiger partial charge in [-0.3, -0.25) is 19.3 Å². The van der Waals surface area contributed by atoms with Gasteiger partial charge in [0, 0.05) is 38.5 Å². The molecule has 1 saturated heterocycles. The van der Waals surface area contributed by atoms with Gasteiger partial charge >= 0.3 is 0 Å². The van der Waals surface area contributed by atoms with E-state index in [-0.39, 0.29) is 17.7 Å². The number of benzene rings is 1. The largest absolute Gasteiger partial charge is 0.316 e. The van der Waals surface area contributed by atoms with Gasteiger partial charge in [0.25, 0.3) is 0 Å². The molecule has 0 spiro atoms. The second kappa shape index (κ2) is 11.5. The number of carbonyl (C=O) groups excluding carboxylic acids is 3. The van der Waals surface area contributed by atoms with Crippen LogP contribution < -0.4 is 4.90 Å². The Labute approximate surface area is 162 Å². The minimum atomic E-state index is -0.00698. The van der Waals surface area contributed by atoms with Gasteiger partial charge in [-0.05, 0) is 25.0 Å². The van der Waals surface area contributed by atoms with Crippen LogP contribution in [0.25, 0.3) is 0 Å². The molecule has 0 N–H and O–H groups in total. The van der Waals surface area contributed by atoms with Crippen LogP contribution >= 0.6 is 0 Å². The number of nitrogens with zero attached hydrogens (tertiary/aromatic N) is 2. The number of rotatable bonds is 12. The molecule has 1 fully saturated rings. The van der Waals surface area contributed by atoms with Gasteiger partial charge < -0.3 is 4.90 Å². The van der Waals surface area contributed by atoms with Crippen LogP contribution in [-0.2, 0) is 14.4 Å². The predicted molar refractivity (Wildman–Crippen MR) is 107 cm³/mol. The zero-order chi connectivity index (χ0) is 19.5. The van der Waals surface area contributed by atoms with Crippen LogP contribution in [0.2, 0.25) is 0 Å². The lowest BCUT2D eigenvalue weighted by atomic mass is 10.1. The highest BCUT2D eigenvalue weighted by Crippen LogP contribution is 2.16. The zero-order valence-corrected chi connectivity index (χ0v) is 16.5. The number of hydrogen-bond donors (Lipinski definition) is 0. The number of hydrogen-bond acceptors (Lipinski definition) is 3. The van der Waals surface area contributed by atoms with E-state index in [0.717, 1.165) is 44.2 Å². The number of unbranched alkanes of at least 4 members (excludes halogenated alkanes) is 7. The lowest BCUT2D eigenvalue weighted by Crippen LogP contribution is -2.29. The number of amides is 3. The van der Waals surface area contributed by atoms with Crippen LogP contribution in [0.1, 0.15) is 70.6 Å². The Kier molecular flexibility index (Phi) is 9.02. The van der Waals surface area contributed by atoms with E-state index >= 15 is 0 Å². The summed E-state index contributed by atoms with van der Waals surface area (Å²) < 4.78 is 0. The van der Waals surface area contributed by atoms with Crippen molar-refractivity contribution < 1.29 is 14.4 Å². The number of para-hydroxylation sites is 1. The third kappa shape index (κ3) is 7.16. The van der Waals surface area contributed by atoms with Gasteiger partial charge in [0.15, 0.2) is 0 Å². The third-order valence-corrected chi connectivity index (χ3v) is 5.19. The van der Waals surface area contributed by atoms with Crippen LogP contribution in [0, 0.1) is 0 Å². The van der Waals surface area contributed by atoms with E-state index in [4.69, 9.17) is 0 Å². The molecule has 5 heteroatoms. The zero-order valence-electron chi connectivity index (χ0n) is 16.5. The number of imide groups is 1. The molecule has 0 aliphatic carbocycles. The smallest absolute Gasteiger partial charge is 0.229 e. The van der Waals surface area contributed by atoms with Crippen molar-refractivity contribution >= 4 is 23.4 Å². The first-order valence-corrected chi connectivity index (χ1v) is 10.2. The molecule has 0 aromatic heterocycles. The van der Waals surface area contributed by atoms with Crippen molar-refractivity contribution in [2.75, 3.05) is 18.5 Å². The maximum atomic E-state index is 12.2. The fraction of sp³-hybridized carbons (Fsp3) is 0.591. The standard InChI is InChI=1S/C22H32N2O3/c1-23(19-13-9-8-10-14-19)20(25)15-11-6-4-2-3-5-7-12-18-24-21(26)16-17-22(24)27/h8-10,13-14H,2-7,11-12,15-18H2,1H3. The number of anilines is 1. The quantitative estimate of drug-likeness (QED) is 0.406. The summed E-state index contributed by atoms with van der Waals surface area (Å²) in [4.78, 5) is 38.3. The minimum absolute atomic E-state index is 0.00698. The van der Waals surface area contributed by atoms with Crippen LogP contribution in [0.15, 0.2) is 30.3 Å². The summed E-state index contributed by atoms with van der Waals surface area (Å²) in [6, 6.07) is 9.74. The summed E-state index contributed by atoms with van der Waals surface area (Å²) >= 11 is 0. The van der Waals surface area contributed by atoms with Gasteiger partial charge in [0.05, 0.1) is 0 Å². The van der Waals surface area contributed by atoms with E-state index in [2.05, 4.69) is 0 Å². The Morgan fingerprint density at radius 2 is 1.37 bits per heavy atom. The van der Waals surface area contributed by atoms with Gasteiger partial charge in [-0.2, -0.15) is 0 Å². The molecule has 0 saturated carbocycles. The maximum Gasteiger partial charge on any atom is 0.229 e. The Bertz CT molecular complexity index is 599. The van der Waals surface area contributed by atoms with Gasteiger partial charge in [-0.15, -0.1) is 0 Å². The van der Waals surface area contributed by atoms with Crippen LogP contribution in [0.4, 0.5) is 5.69 Å². The average Bonchev–Trinajstić information content (AvgIpc) is 3.01. The van der Waals surface area contributed by atoms with Crippen molar-refractivity contribution in [2.45, 2.75) is 70.6 Å². The monoisotopic (exact) mass is 372 g/mol. The minimum Gasteiger partial charge on any atom is -0.316 e. The number of likely N-dealkylation sites (tertiary alicyclic amines) is 1. The topological polar surface area (TPSA) is 57.7 Å². The molecule has 1 aliphatic rings. The molecular weight excluding hydrogens is 340 g/mol. The van der Waals surface area contributed by atoms with Crippen molar-refractivity contribution in [3.63, 3.8) is 0 Å². The lowest BCUT2D eigenvalue weighted by Gasteiger charge is -2.17. The third-order valence-electron chi connectivity index (χ3n) is 5.19. The highest BCUT2D eigenvalue weighted by atomic mass is 16.2. The van der Waals surface area contributed by atoms with Gasteiger partial charge in [-0.1, -0.05) is 56.7 Å². The van der Waals surface area contributed by atoms with Crippen molar-refractivity contribution in [1.29, 1.82) is 0 Å². The van der Waals surface area contributed by atoms with Crippen LogP contribution in [-0.4, -0.2) is 36.2 Å². The second-order valence-electron chi connectivity index (χ2n) is 7.31. The summed E-state index contributed by atoms with van der Waals surface area (Å²) in [5, 5.41) is 0. The van der Waals surface area contributed by atoms with E-state index in [9.17, 15) is 14.4 Å². The molecule has 1 aromatic rings. The van der Waals surface area contributed by atoms with Crippen LogP contribution in [0.5, 0.6) is 0 Å². The Morgan fingerprint density at radius 3 is 1.96 bits per heavy atom. The Balaban J connectivity index is 1.43. The molecule has 0 unspecified atom stereocenters. The van der Waals surface area contributed by atoms with E-state index in [0.29, 0.717) is 25.8 Å². The number of carbonyl (C=O) groups is 3. The molecule has 0 atom stereocenters. The molecule has 2 rings (SSSR count). The fourth-order valence-electron chi connectivity index (χ4n) is 3.44. The van der Waals surface area contributed by atoms with Crippen molar-refractivity contribution in [3.05, 3.63) is 30.3 Å². The van der Waals surface area contributed by atoms with E-state index in [1.165, 1.54) is 17.7 Å². The lowest BCUT2D eigenvalue weighted by molar-refractivity contribution is -0.138. The Hall–Kier alpha value is -2.17. The first-order chi connectivity index (χ1) is 13.1. The van der Waals surface area contributed by atoms with Crippen molar-refractivity contribution in [1.82, 2.24) is 4.90 Å². The first-order valence-electron chi connectivity index (χ1n) is 10.2. The molecule has 148 valence electrons. The summed E-state index contributed by atoms with van der Waals surface area (Å²) in [6.45, 7) is 0.592. The summed E-state index contributed by atoms with van der Waals surface area (Å²) in [5.41, 5.74) is 0.944. The molecular formula is C22H32N2O3. The van der Waals surface area contributed by atoms with Crippen molar-refractivity contribution in [3.8, 4) is 0 Å².